The molecule has 0 aromatic carbocycles. The molecule has 0 aliphatic carbocycles. The summed E-state index contributed by atoms with van der Waals surface area (Å²) in [6.07, 6.45) is 3.64. The largest absolute Gasteiger partial charge is 0.396 e. The molecule has 168 valence electrons. The fourth-order valence-corrected chi connectivity index (χ4v) is 4.26. The van der Waals surface area contributed by atoms with E-state index in [2.05, 4.69) is 52.2 Å². The Balaban J connectivity index is 2.27. The van der Waals surface area contributed by atoms with Crippen LogP contribution in [-0.2, 0) is 12.8 Å². The smallest absolute Gasteiger partial charge is 0.224 e. The molecular weight excluding hydrogens is 394 g/mol. The van der Waals surface area contributed by atoms with E-state index < -0.39 is 0 Å². The number of aryl methyl sites for hydroxylation is 3. The minimum absolute atomic E-state index is 0.147. The van der Waals surface area contributed by atoms with Gasteiger partial charge in [-0.3, -0.25) is 0 Å². The quantitative estimate of drug-likeness (QED) is 0.463. The maximum atomic E-state index is 9.49. The summed E-state index contributed by atoms with van der Waals surface area (Å²) in [5, 5.41) is 17.5. The van der Waals surface area contributed by atoms with Crippen molar-refractivity contribution in [2.45, 2.75) is 74.1 Å². The maximum absolute atomic E-state index is 9.49. The van der Waals surface area contributed by atoms with Crippen LogP contribution in [0.1, 0.15) is 74.3 Å². The van der Waals surface area contributed by atoms with Crippen LogP contribution in [0, 0.1) is 25.2 Å². The lowest BCUT2D eigenvalue weighted by atomic mass is 9.97. The lowest BCUT2D eigenvalue weighted by Gasteiger charge is -2.20. The van der Waals surface area contributed by atoms with Crippen molar-refractivity contribution in [1.29, 1.82) is 0 Å². The van der Waals surface area contributed by atoms with Gasteiger partial charge in [-0.1, -0.05) is 41.0 Å². The van der Waals surface area contributed by atoms with Crippen LogP contribution in [0.15, 0.2) is 0 Å². The van der Waals surface area contributed by atoms with Gasteiger partial charge in [0, 0.05) is 42.3 Å². The van der Waals surface area contributed by atoms with Crippen molar-refractivity contribution in [3.05, 3.63) is 26.8 Å². The summed E-state index contributed by atoms with van der Waals surface area (Å²) in [4.78, 5) is 15.7. The van der Waals surface area contributed by atoms with Crippen LogP contribution in [-0.4, -0.2) is 39.8 Å². The third-order valence-corrected chi connectivity index (χ3v) is 6.56. The molecule has 0 bridgehead atoms. The van der Waals surface area contributed by atoms with Gasteiger partial charge in [0.2, 0.25) is 5.95 Å². The standard InChI is InChI=1S/C23H39N5OS/c1-8-17(13-29)10-11-24-21-18(12-20-26-16(4)19(9-2)30-20)15(3)27-22(28-21)25-14-23(5,6)7/h17,29H,8-14H2,1-7H3,(H2,24,25,27,28). The maximum Gasteiger partial charge on any atom is 0.224 e. The molecule has 0 aliphatic heterocycles. The minimum Gasteiger partial charge on any atom is -0.396 e. The Bertz CT molecular complexity index is 809. The van der Waals surface area contributed by atoms with E-state index in [0.29, 0.717) is 11.9 Å². The Morgan fingerprint density at radius 2 is 1.77 bits per heavy atom. The summed E-state index contributed by atoms with van der Waals surface area (Å²) >= 11 is 1.78. The fraction of sp³-hybridized carbons (Fsp3) is 0.696. The highest BCUT2D eigenvalue weighted by molar-refractivity contribution is 7.11. The Morgan fingerprint density at radius 1 is 1.03 bits per heavy atom. The number of hydrogen-bond acceptors (Lipinski definition) is 7. The zero-order valence-corrected chi connectivity index (χ0v) is 20.5. The molecule has 2 rings (SSSR count). The van der Waals surface area contributed by atoms with Crippen molar-refractivity contribution in [1.82, 2.24) is 15.0 Å². The lowest BCUT2D eigenvalue weighted by molar-refractivity contribution is 0.217. The summed E-state index contributed by atoms with van der Waals surface area (Å²) < 4.78 is 0. The lowest BCUT2D eigenvalue weighted by Crippen LogP contribution is -2.21. The number of nitrogens with one attached hydrogen (secondary N) is 2. The first-order valence-electron chi connectivity index (χ1n) is 11.1. The molecule has 0 amide bonds. The minimum atomic E-state index is 0.147. The van der Waals surface area contributed by atoms with Crippen LogP contribution in [0.4, 0.5) is 11.8 Å². The number of aliphatic hydroxyl groups is 1. The molecule has 7 heteroatoms. The van der Waals surface area contributed by atoms with Gasteiger partial charge in [-0.25, -0.2) is 9.97 Å². The highest BCUT2D eigenvalue weighted by Crippen LogP contribution is 2.27. The number of anilines is 2. The van der Waals surface area contributed by atoms with Gasteiger partial charge >= 0.3 is 0 Å². The number of hydrogen-bond donors (Lipinski definition) is 3. The number of rotatable bonds is 11. The molecule has 1 atom stereocenters. The summed E-state index contributed by atoms with van der Waals surface area (Å²) in [6.45, 7) is 16.8. The van der Waals surface area contributed by atoms with Crippen LogP contribution < -0.4 is 10.6 Å². The molecule has 0 spiro atoms. The topological polar surface area (TPSA) is 83.0 Å². The number of nitrogens with zero attached hydrogens (tertiary/aromatic N) is 3. The van der Waals surface area contributed by atoms with Crippen LogP contribution in [0.25, 0.3) is 0 Å². The van der Waals surface area contributed by atoms with Crippen molar-refractivity contribution >= 4 is 23.1 Å². The van der Waals surface area contributed by atoms with Crippen molar-refractivity contribution in [3.8, 4) is 0 Å². The second-order valence-electron chi connectivity index (χ2n) is 9.19. The van der Waals surface area contributed by atoms with Gasteiger partial charge in [0.05, 0.1) is 10.7 Å². The van der Waals surface area contributed by atoms with E-state index in [-0.39, 0.29) is 12.0 Å². The Hall–Kier alpha value is -1.73. The second-order valence-corrected chi connectivity index (χ2v) is 10.4. The fourth-order valence-electron chi connectivity index (χ4n) is 3.24. The molecule has 0 aliphatic rings. The summed E-state index contributed by atoms with van der Waals surface area (Å²) in [7, 11) is 0. The average molecular weight is 434 g/mol. The van der Waals surface area contributed by atoms with E-state index in [4.69, 9.17) is 15.0 Å². The second kappa shape index (κ2) is 11.0. The average Bonchev–Trinajstić information content (AvgIpc) is 3.04. The molecule has 0 saturated carbocycles. The number of thiazole rings is 1. The molecule has 3 N–H and O–H groups in total. The van der Waals surface area contributed by atoms with Crippen LogP contribution in [0.3, 0.4) is 0 Å². The number of aromatic nitrogens is 3. The SMILES string of the molecule is CCc1sc(Cc2c(C)nc(NCC(C)(C)C)nc2NCCC(CC)CO)nc1C. The summed E-state index contributed by atoms with van der Waals surface area (Å²) in [5.74, 6) is 1.85. The number of aliphatic hydroxyl groups excluding tert-OH is 1. The van der Waals surface area contributed by atoms with Gasteiger partial charge in [-0.15, -0.1) is 11.3 Å². The zero-order valence-electron chi connectivity index (χ0n) is 19.7. The van der Waals surface area contributed by atoms with E-state index in [1.165, 1.54) is 4.88 Å². The van der Waals surface area contributed by atoms with E-state index in [1.807, 2.05) is 6.92 Å². The Kier molecular flexibility index (Phi) is 9.04. The predicted molar refractivity (Wildman–Crippen MR) is 128 cm³/mol. The highest BCUT2D eigenvalue weighted by Gasteiger charge is 2.17. The molecule has 2 heterocycles. The van der Waals surface area contributed by atoms with E-state index >= 15 is 0 Å². The van der Waals surface area contributed by atoms with Gasteiger partial charge in [-0.05, 0) is 38.0 Å². The molecule has 2 aromatic rings. The molecule has 0 saturated heterocycles. The molecule has 6 nitrogen and oxygen atoms in total. The summed E-state index contributed by atoms with van der Waals surface area (Å²) in [6, 6.07) is 0. The normalized spacial score (nSPS) is 12.8. The highest BCUT2D eigenvalue weighted by atomic mass is 32.1. The molecule has 30 heavy (non-hydrogen) atoms. The molecule has 0 radical (unpaired) electrons. The van der Waals surface area contributed by atoms with Crippen molar-refractivity contribution in [2.75, 3.05) is 30.3 Å². The molecule has 2 aromatic heterocycles. The Morgan fingerprint density at radius 3 is 2.33 bits per heavy atom. The van der Waals surface area contributed by atoms with Gasteiger partial charge in [-0.2, -0.15) is 4.98 Å². The van der Waals surface area contributed by atoms with Crippen LogP contribution in [0.5, 0.6) is 0 Å². The molecular formula is C23H39N5OS. The van der Waals surface area contributed by atoms with Gasteiger partial charge in [0.1, 0.15) is 5.82 Å². The van der Waals surface area contributed by atoms with Crippen molar-refractivity contribution in [3.63, 3.8) is 0 Å². The van der Waals surface area contributed by atoms with E-state index in [9.17, 15) is 5.11 Å². The van der Waals surface area contributed by atoms with Gasteiger partial charge in [0.25, 0.3) is 0 Å². The first-order chi connectivity index (χ1) is 14.2. The van der Waals surface area contributed by atoms with Crippen LogP contribution >= 0.6 is 11.3 Å². The van der Waals surface area contributed by atoms with Gasteiger partial charge < -0.3 is 15.7 Å². The molecule has 0 fully saturated rings. The zero-order chi connectivity index (χ0) is 22.3. The first kappa shape index (κ1) is 24.5. The van der Waals surface area contributed by atoms with E-state index in [0.717, 1.165) is 66.5 Å². The first-order valence-corrected chi connectivity index (χ1v) is 11.9. The van der Waals surface area contributed by atoms with Crippen molar-refractivity contribution in [2.24, 2.45) is 11.3 Å². The predicted octanol–water partition coefficient (Wildman–Crippen LogP) is 4.98. The van der Waals surface area contributed by atoms with Crippen molar-refractivity contribution < 1.29 is 5.11 Å². The van der Waals surface area contributed by atoms with Gasteiger partial charge in [0.15, 0.2) is 0 Å². The Labute approximate surface area is 186 Å². The summed E-state index contributed by atoms with van der Waals surface area (Å²) in [5.41, 5.74) is 3.35. The van der Waals surface area contributed by atoms with E-state index in [1.54, 1.807) is 11.3 Å². The third-order valence-electron chi connectivity index (χ3n) is 5.26. The van der Waals surface area contributed by atoms with Crippen LogP contribution in [0.2, 0.25) is 0 Å². The molecule has 1 unspecified atom stereocenters. The third kappa shape index (κ3) is 7.20. The monoisotopic (exact) mass is 433 g/mol.